The van der Waals surface area contributed by atoms with Crippen LogP contribution >= 0.6 is 0 Å². The van der Waals surface area contributed by atoms with Crippen LogP contribution < -0.4 is 30.6 Å². The van der Waals surface area contributed by atoms with E-state index in [9.17, 15) is 59.4 Å². The normalized spacial score (nSPS) is 10.1. The Labute approximate surface area is 584 Å². The number of rotatable bonds is 60. The molecule has 0 unspecified atom stereocenters. The Kier molecular flexibility index (Phi) is 115. The molecule has 0 aliphatic rings. The largest absolute Gasteiger partial charge is 4.00 e. The molecule has 0 saturated heterocycles. The number of unbranched alkanes of at least 4 members (excludes halogenated alkanes) is 48. The molecule has 86 heavy (non-hydrogen) atoms. The SMILES string of the molecule is CCCCCCCCCCCC(=O)[O-].CCCCCCCCCCCC(=O)[O-].CCCCCCCCCCCC(=O)[O-].CCCCCCCCCCCC(=O)[O-].CCCCCCCCCCCC(=O)[O-].CCCCCCCCCCCC(=O)[O-].[Sr+2].[Ti+4]. The van der Waals surface area contributed by atoms with Crippen LogP contribution in [0.2, 0.25) is 0 Å². The number of carboxylic acids is 6. The molecule has 0 aromatic carbocycles. The second kappa shape index (κ2) is 97.6. The van der Waals surface area contributed by atoms with Crippen molar-refractivity contribution in [2.45, 2.75) is 427 Å². The molecule has 0 radical (unpaired) electrons. The van der Waals surface area contributed by atoms with Gasteiger partial charge in [0.2, 0.25) is 0 Å². The molecule has 0 heterocycles. The molecule has 0 saturated carbocycles. The molecule has 0 spiro atoms. The van der Waals surface area contributed by atoms with Gasteiger partial charge >= 0.3 is 67.2 Å². The molecule has 14 heteroatoms. The van der Waals surface area contributed by atoms with E-state index in [4.69, 9.17) is 0 Å². The molecule has 12 nitrogen and oxygen atoms in total. The Morgan fingerprint density at radius 3 is 0.302 bits per heavy atom. The molecule has 0 fully saturated rings. The minimum Gasteiger partial charge on any atom is -0.550 e. The molecule has 0 bridgehead atoms. The van der Waals surface area contributed by atoms with Crippen LogP contribution in [0.5, 0.6) is 0 Å². The molecule has 504 valence electrons. The number of carboxylic acid groups (broad SMARTS) is 6. The first kappa shape index (κ1) is 101. The number of aliphatic carboxylic acids is 6. The number of hydrogen-bond acceptors (Lipinski definition) is 12. The average molecular weight is 1330 g/mol. The van der Waals surface area contributed by atoms with Crippen molar-refractivity contribution in [3.63, 3.8) is 0 Å². The minimum absolute atomic E-state index is 0. The summed E-state index contributed by atoms with van der Waals surface area (Å²) in [7, 11) is 0. The van der Waals surface area contributed by atoms with Crippen LogP contribution in [-0.4, -0.2) is 81.3 Å². The van der Waals surface area contributed by atoms with E-state index in [1.165, 1.54) is 270 Å². The molecule has 0 amide bonds. The first-order valence-electron chi connectivity index (χ1n) is 35.8. The second-order valence-electron chi connectivity index (χ2n) is 23.7. The predicted octanol–water partition coefficient (Wildman–Crippen LogP) is 15.6. The van der Waals surface area contributed by atoms with E-state index in [0.29, 0.717) is 0 Å². The average Bonchev–Trinajstić information content (AvgIpc) is 3.45. The quantitative estimate of drug-likeness (QED) is 0.0408. The summed E-state index contributed by atoms with van der Waals surface area (Å²) in [5.74, 6) is -5.46. The minimum atomic E-state index is -0.909. The van der Waals surface area contributed by atoms with E-state index in [1.807, 2.05) is 0 Å². The first-order valence-corrected chi connectivity index (χ1v) is 35.8. The van der Waals surface area contributed by atoms with Crippen molar-refractivity contribution in [1.82, 2.24) is 0 Å². The van der Waals surface area contributed by atoms with Crippen LogP contribution in [0.4, 0.5) is 0 Å². The molecule has 0 rings (SSSR count). The van der Waals surface area contributed by atoms with Gasteiger partial charge in [-0.1, -0.05) is 350 Å². The fourth-order valence-electron chi connectivity index (χ4n) is 9.48. The van der Waals surface area contributed by atoms with E-state index < -0.39 is 35.8 Å². The third kappa shape index (κ3) is 132. The van der Waals surface area contributed by atoms with Gasteiger partial charge in [-0.3, -0.25) is 0 Å². The molecular formula is C72H138O12SrTi. The molecule has 0 aromatic rings. The monoisotopic (exact) mass is 1330 g/mol. The van der Waals surface area contributed by atoms with Gasteiger partial charge in [0.15, 0.2) is 0 Å². The van der Waals surface area contributed by atoms with Crippen molar-refractivity contribution in [3.05, 3.63) is 0 Å². The molecule has 0 aromatic heterocycles. The van der Waals surface area contributed by atoms with Crippen molar-refractivity contribution >= 4 is 81.3 Å². The third-order valence-electron chi connectivity index (χ3n) is 14.9. The maximum atomic E-state index is 10.1. The van der Waals surface area contributed by atoms with Crippen LogP contribution in [0, 0.1) is 0 Å². The summed E-state index contributed by atoms with van der Waals surface area (Å²) in [5.41, 5.74) is 0. The van der Waals surface area contributed by atoms with Crippen LogP contribution in [0.15, 0.2) is 0 Å². The van der Waals surface area contributed by atoms with Crippen molar-refractivity contribution in [3.8, 4) is 0 Å². The van der Waals surface area contributed by atoms with Crippen molar-refractivity contribution in [2.75, 3.05) is 0 Å². The molecular weight excluding hydrogens is 1190 g/mol. The number of carbonyl (C=O) groups is 6. The van der Waals surface area contributed by atoms with Gasteiger partial charge in [0.25, 0.3) is 0 Å². The summed E-state index contributed by atoms with van der Waals surface area (Å²) in [4.78, 5) is 60.6. The Morgan fingerprint density at radius 2 is 0.233 bits per heavy atom. The molecule has 0 aliphatic carbocycles. The van der Waals surface area contributed by atoms with E-state index in [1.54, 1.807) is 0 Å². The van der Waals surface area contributed by atoms with Gasteiger partial charge in [0.05, 0.1) is 0 Å². The van der Waals surface area contributed by atoms with E-state index in [2.05, 4.69) is 41.5 Å². The first-order chi connectivity index (χ1) is 40.6. The van der Waals surface area contributed by atoms with Gasteiger partial charge in [-0.2, -0.15) is 0 Å². The van der Waals surface area contributed by atoms with Crippen LogP contribution in [0.25, 0.3) is 0 Å². The summed E-state index contributed by atoms with van der Waals surface area (Å²) in [6, 6.07) is 0. The Bertz CT molecular complexity index is 1060. The van der Waals surface area contributed by atoms with Crippen LogP contribution in [-0.2, 0) is 50.5 Å². The number of hydrogen-bond donors (Lipinski definition) is 0. The van der Waals surface area contributed by atoms with Crippen molar-refractivity contribution in [2.24, 2.45) is 0 Å². The Hall–Kier alpha value is -0.985. The van der Waals surface area contributed by atoms with Crippen molar-refractivity contribution < 1.29 is 81.1 Å². The Morgan fingerprint density at radius 1 is 0.163 bits per heavy atom. The zero-order valence-corrected chi connectivity index (χ0v) is 62.6. The molecule has 0 atom stereocenters. The summed E-state index contributed by atoms with van der Waals surface area (Å²) in [6.07, 6.45) is 67.0. The Balaban J connectivity index is -0.000000141. The summed E-state index contributed by atoms with van der Waals surface area (Å²) >= 11 is 0. The van der Waals surface area contributed by atoms with Gasteiger partial charge in [0, 0.05) is 35.8 Å². The van der Waals surface area contributed by atoms with Gasteiger partial charge in [-0.25, -0.2) is 0 Å². The standard InChI is InChI=1S/6C12H24O2.Sr.Ti/c6*1-2-3-4-5-6-7-8-9-10-11-12(13)14;;/h6*2-11H2,1H3,(H,13,14);;/q;;;;;;+2;+4/p-6. The van der Waals surface area contributed by atoms with Gasteiger partial charge in [-0.05, 0) is 77.0 Å². The zero-order valence-electron chi connectivity index (χ0n) is 57.5. The van der Waals surface area contributed by atoms with Gasteiger partial charge in [0.1, 0.15) is 0 Å². The van der Waals surface area contributed by atoms with Crippen molar-refractivity contribution in [1.29, 1.82) is 0 Å². The maximum Gasteiger partial charge on any atom is 4.00 e. The maximum absolute atomic E-state index is 10.1. The van der Waals surface area contributed by atoms with Gasteiger partial charge in [-0.15, -0.1) is 0 Å². The van der Waals surface area contributed by atoms with Crippen LogP contribution in [0.1, 0.15) is 427 Å². The third-order valence-corrected chi connectivity index (χ3v) is 14.9. The predicted molar refractivity (Wildman–Crippen MR) is 347 cm³/mol. The smallest absolute Gasteiger partial charge is 0.550 e. The van der Waals surface area contributed by atoms with E-state index in [0.717, 1.165) is 77.0 Å². The summed E-state index contributed by atoms with van der Waals surface area (Å²) < 4.78 is 0. The fraction of sp³-hybridized carbons (Fsp3) is 0.917. The van der Waals surface area contributed by atoms with E-state index >= 15 is 0 Å². The topological polar surface area (TPSA) is 241 Å². The number of carbonyl (C=O) groups excluding carboxylic acids is 6. The van der Waals surface area contributed by atoms with Gasteiger partial charge < -0.3 is 59.4 Å². The van der Waals surface area contributed by atoms with E-state index in [-0.39, 0.29) is 106 Å². The fourth-order valence-corrected chi connectivity index (χ4v) is 9.48. The molecule has 0 aliphatic heterocycles. The summed E-state index contributed by atoms with van der Waals surface area (Å²) in [6.45, 7) is 13.3. The summed E-state index contributed by atoms with van der Waals surface area (Å²) in [5, 5.41) is 60.6. The zero-order chi connectivity index (χ0) is 63.9. The second-order valence-corrected chi connectivity index (χ2v) is 23.7. The molecule has 0 N–H and O–H groups in total. The van der Waals surface area contributed by atoms with Crippen LogP contribution in [0.3, 0.4) is 0 Å².